The van der Waals surface area contributed by atoms with Gasteiger partial charge in [-0.25, -0.2) is 4.98 Å². The summed E-state index contributed by atoms with van der Waals surface area (Å²) in [5, 5.41) is 7.75. The predicted molar refractivity (Wildman–Crippen MR) is 101 cm³/mol. The Balaban J connectivity index is 1.79. The SMILES string of the molecule is CN(C)CCNc1nc(Nc2cc(Cl)cc(Cl)c2)cc(C2CC2)n1. The van der Waals surface area contributed by atoms with Crippen LogP contribution in [0.4, 0.5) is 17.5 Å². The monoisotopic (exact) mass is 365 g/mol. The highest BCUT2D eigenvalue weighted by Crippen LogP contribution is 2.40. The van der Waals surface area contributed by atoms with Gasteiger partial charge in [0.1, 0.15) is 5.82 Å². The van der Waals surface area contributed by atoms with Crippen molar-refractivity contribution < 1.29 is 0 Å². The molecule has 1 aliphatic rings. The van der Waals surface area contributed by atoms with Gasteiger partial charge in [-0.1, -0.05) is 23.2 Å². The first-order chi connectivity index (χ1) is 11.5. The number of aromatic nitrogens is 2. The smallest absolute Gasteiger partial charge is 0.224 e. The van der Waals surface area contributed by atoms with Crippen molar-refractivity contribution in [3.05, 3.63) is 40.0 Å². The van der Waals surface area contributed by atoms with Crippen LogP contribution in [0.1, 0.15) is 24.5 Å². The lowest BCUT2D eigenvalue weighted by molar-refractivity contribution is 0.425. The topological polar surface area (TPSA) is 53.1 Å². The zero-order valence-electron chi connectivity index (χ0n) is 13.8. The summed E-state index contributed by atoms with van der Waals surface area (Å²) in [6.07, 6.45) is 2.38. The summed E-state index contributed by atoms with van der Waals surface area (Å²) >= 11 is 12.1. The van der Waals surface area contributed by atoms with Crippen LogP contribution in [-0.2, 0) is 0 Å². The van der Waals surface area contributed by atoms with Crippen LogP contribution in [0.3, 0.4) is 0 Å². The third-order valence-corrected chi connectivity index (χ3v) is 4.16. The van der Waals surface area contributed by atoms with Gasteiger partial charge in [-0.3, -0.25) is 0 Å². The normalized spacial score (nSPS) is 14.0. The first-order valence-electron chi connectivity index (χ1n) is 8.00. The van der Waals surface area contributed by atoms with Crippen molar-refractivity contribution in [3.8, 4) is 0 Å². The number of nitrogens with one attached hydrogen (secondary N) is 2. The summed E-state index contributed by atoms with van der Waals surface area (Å²) < 4.78 is 0. The van der Waals surface area contributed by atoms with Gasteiger partial charge in [0.25, 0.3) is 0 Å². The van der Waals surface area contributed by atoms with Gasteiger partial charge in [0.05, 0.1) is 5.69 Å². The summed E-state index contributed by atoms with van der Waals surface area (Å²) in [6.45, 7) is 1.72. The van der Waals surface area contributed by atoms with Gasteiger partial charge in [-0.15, -0.1) is 0 Å². The second kappa shape index (κ2) is 7.55. The Kier molecular flexibility index (Phi) is 5.43. The van der Waals surface area contributed by atoms with Crippen LogP contribution in [0.5, 0.6) is 0 Å². The zero-order chi connectivity index (χ0) is 17.1. The average Bonchev–Trinajstić information content (AvgIpc) is 3.30. The zero-order valence-corrected chi connectivity index (χ0v) is 15.3. The highest BCUT2D eigenvalue weighted by atomic mass is 35.5. The molecule has 0 aliphatic heterocycles. The molecule has 0 saturated heterocycles. The van der Waals surface area contributed by atoms with E-state index in [9.17, 15) is 0 Å². The molecule has 1 aromatic heterocycles. The number of nitrogens with zero attached hydrogens (tertiary/aromatic N) is 3. The standard InChI is InChI=1S/C17H21Cl2N5/c1-24(2)6-5-20-17-22-15(11-3-4-11)10-16(23-17)21-14-8-12(18)7-13(19)9-14/h7-11H,3-6H2,1-2H3,(H2,20,21,22,23). The van der Waals surface area contributed by atoms with Gasteiger partial charge < -0.3 is 15.5 Å². The van der Waals surface area contributed by atoms with E-state index < -0.39 is 0 Å². The molecule has 0 radical (unpaired) electrons. The molecule has 1 aliphatic carbocycles. The Morgan fingerprint density at radius 1 is 1.08 bits per heavy atom. The molecule has 0 spiro atoms. The molecule has 24 heavy (non-hydrogen) atoms. The van der Waals surface area contributed by atoms with Crippen molar-refractivity contribution in [2.75, 3.05) is 37.8 Å². The molecule has 0 atom stereocenters. The van der Waals surface area contributed by atoms with Crippen LogP contribution in [0.15, 0.2) is 24.3 Å². The van der Waals surface area contributed by atoms with Crippen LogP contribution >= 0.6 is 23.2 Å². The van der Waals surface area contributed by atoms with Crippen molar-refractivity contribution in [1.82, 2.24) is 14.9 Å². The average molecular weight is 366 g/mol. The lowest BCUT2D eigenvalue weighted by Gasteiger charge is -2.13. The van der Waals surface area contributed by atoms with Crippen molar-refractivity contribution >= 4 is 40.7 Å². The Morgan fingerprint density at radius 3 is 2.42 bits per heavy atom. The molecule has 3 rings (SSSR count). The summed E-state index contributed by atoms with van der Waals surface area (Å²) in [6, 6.07) is 7.36. The molecule has 7 heteroatoms. The Labute approximate surface area is 152 Å². The van der Waals surface area contributed by atoms with Crippen LogP contribution < -0.4 is 10.6 Å². The number of rotatable bonds is 7. The van der Waals surface area contributed by atoms with E-state index in [1.165, 1.54) is 12.8 Å². The predicted octanol–water partition coefficient (Wildman–Crippen LogP) is 4.38. The van der Waals surface area contributed by atoms with Gasteiger partial charge >= 0.3 is 0 Å². The molecule has 2 N–H and O–H groups in total. The van der Waals surface area contributed by atoms with Crippen molar-refractivity contribution in [2.45, 2.75) is 18.8 Å². The fourth-order valence-corrected chi connectivity index (χ4v) is 2.89. The van der Waals surface area contributed by atoms with Crippen molar-refractivity contribution in [3.63, 3.8) is 0 Å². The molecular weight excluding hydrogens is 345 g/mol. The minimum atomic E-state index is 0.547. The lowest BCUT2D eigenvalue weighted by atomic mass is 10.2. The number of anilines is 3. The maximum absolute atomic E-state index is 6.06. The van der Waals surface area contributed by atoms with E-state index in [1.54, 1.807) is 6.07 Å². The van der Waals surface area contributed by atoms with Gasteiger partial charge in [-0.05, 0) is 45.1 Å². The highest BCUT2D eigenvalue weighted by molar-refractivity contribution is 6.35. The first-order valence-corrected chi connectivity index (χ1v) is 8.76. The van der Waals surface area contributed by atoms with Crippen molar-refractivity contribution in [2.24, 2.45) is 0 Å². The molecule has 1 fully saturated rings. The summed E-state index contributed by atoms with van der Waals surface area (Å²) in [5.74, 6) is 1.94. The summed E-state index contributed by atoms with van der Waals surface area (Å²) in [7, 11) is 4.08. The maximum Gasteiger partial charge on any atom is 0.224 e. The van der Waals surface area contributed by atoms with E-state index in [2.05, 4.69) is 25.5 Å². The highest BCUT2D eigenvalue weighted by Gasteiger charge is 2.26. The number of hydrogen-bond acceptors (Lipinski definition) is 5. The molecule has 1 saturated carbocycles. The van der Waals surface area contributed by atoms with Gasteiger partial charge in [0.15, 0.2) is 0 Å². The number of benzene rings is 1. The lowest BCUT2D eigenvalue weighted by Crippen LogP contribution is -2.21. The molecule has 0 bridgehead atoms. The van der Waals surface area contributed by atoms with E-state index in [4.69, 9.17) is 23.2 Å². The molecule has 5 nitrogen and oxygen atoms in total. The largest absolute Gasteiger partial charge is 0.353 e. The van der Waals surface area contributed by atoms with Crippen LogP contribution in [0, 0.1) is 0 Å². The molecule has 2 aromatic rings. The third-order valence-electron chi connectivity index (χ3n) is 3.72. The number of halogens is 2. The van der Waals surface area contributed by atoms with Crippen LogP contribution in [0.25, 0.3) is 0 Å². The third kappa shape index (κ3) is 4.97. The summed E-state index contributed by atoms with van der Waals surface area (Å²) in [4.78, 5) is 11.3. The molecule has 0 unspecified atom stereocenters. The first kappa shape index (κ1) is 17.3. The minimum Gasteiger partial charge on any atom is -0.353 e. The van der Waals surface area contributed by atoms with E-state index in [1.807, 2.05) is 32.3 Å². The number of likely N-dealkylation sites (N-methyl/N-ethyl adjacent to an activating group) is 1. The molecule has 1 heterocycles. The second-order valence-corrected chi connectivity index (χ2v) is 7.16. The van der Waals surface area contributed by atoms with E-state index in [0.717, 1.165) is 30.3 Å². The fourth-order valence-electron chi connectivity index (χ4n) is 2.36. The fraction of sp³-hybridized carbons (Fsp3) is 0.412. The molecule has 1 aromatic carbocycles. The quantitative estimate of drug-likeness (QED) is 0.762. The molecular formula is C17H21Cl2N5. The van der Waals surface area contributed by atoms with E-state index in [0.29, 0.717) is 21.9 Å². The van der Waals surface area contributed by atoms with Crippen LogP contribution in [0.2, 0.25) is 10.0 Å². The molecule has 128 valence electrons. The Bertz CT molecular complexity index is 696. The van der Waals surface area contributed by atoms with Gasteiger partial charge in [0, 0.05) is 40.8 Å². The summed E-state index contributed by atoms with van der Waals surface area (Å²) in [5.41, 5.74) is 1.89. The molecule has 0 amide bonds. The van der Waals surface area contributed by atoms with Gasteiger partial charge in [0.2, 0.25) is 5.95 Å². The Hall–Kier alpha value is -1.56. The minimum absolute atomic E-state index is 0.547. The van der Waals surface area contributed by atoms with Crippen molar-refractivity contribution in [1.29, 1.82) is 0 Å². The van der Waals surface area contributed by atoms with Crippen LogP contribution in [-0.4, -0.2) is 42.1 Å². The Morgan fingerprint density at radius 2 is 1.79 bits per heavy atom. The maximum atomic E-state index is 6.06. The van der Waals surface area contributed by atoms with Gasteiger partial charge in [-0.2, -0.15) is 4.98 Å². The number of hydrogen-bond donors (Lipinski definition) is 2. The van der Waals surface area contributed by atoms with E-state index in [-0.39, 0.29) is 0 Å². The second-order valence-electron chi connectivity index (χ2n) is 6.29. The van der Waals surface area contributed by atoms with E-state index >= 15 is 0 Å².